The standard InChI is InChI=1S/C15H20INO4/c1-5-15(3,4)17-13(18)9(2)21-12-7-6-10(16)8-11(12)14(19)20/h6-9H,5H2,1-4H3,(H,17,18)(H,19,20). The van der Waals surface area contributed by atoms with Crippen molar-refractivity contribution < 1.29 is 19.4 Å². The summed E-state index contributed by atoms with van der Waals surface area (Å²) >= 11 is 2.03. The predicted octanol–water partition coefficient (Wildman–Crippen LogP) is 3.06. The Kier molecular flexibility index (Phi) is 6.00. The predicted molar refractivity (Wildman–Crippen MR) is 88.7 cm³/mol. The van der Waals surface area contributed by atoms with Crippen LogP contribution in [0.15, 0.2) is 18.2 Å². The Labute approximate surface area is 138 Å². The van der Waals surface area contributed by atoms with Crippen LogP contribution in [-0.2, 0) is 4.79 Å². The molecule has 0 aliphatic heterocycles. The Hall–Kier alpha value is -1.31. The second-order valence-corrected chi connectivity index (χ2v) is 6.68. The number of carbonyl (C=O) groups excluding carboxylic acids is 1. The number of hydrogen-bond donors (Lipinski definition) is 2. The molecular weight excluding hydrogens is 385 g/mol. The molecule has 1 unspecified atom stereocenters. The SMILES string of the molecule is CCC(C)(C)NC(=O)C(C)Oc1ccc(I)cc1C(=O)O. The third-order valence-corrected chi connectivity index (χ3v) is 3.86. The minimum atomic E-state index is -1.08. The fourth-order valence-corrected chi connectivity index (χ4v) is 2.03. The monoisotopic (exact) mass is 405 g/mol. The van der Waals surface area contributed by atoms with Crippen LogP contribution in [0.1, 0.15) is 44.5 Å². The van der Waals surface area contributed by atoms with Gasteiger partial charge in [-0.25, -0.2) is 4.79 Å². The van der Waals surface area contributed by atoms with Gasteiger partial charge in [-0.1, -0.05) is 6.92 Å². The largest absolute Gasteiger partial charge is 0.480 e. The molecule has 2 N–H and O–H groups in total. The molecule has 0 saturated heterocycles. The molecule has 0 bridgehead atoms. The van der Waals surface area contributed by atoms with Crippen LogP contribution in [-0.4, -0.2) is 28.6 Å². The Balaban J connectivity index is 2.86. The molecule has 1 aromatic rings. The van der Waals surface area contributed by atoms with E-state index in [0.717, 1.165) is 9.99 Å². The zero-order valence-corrected chi connectivity index (χ0v) is 14.7. The summed E-state index contributed by atoms with van der Waals surface area (Å²) in [4.78, 5) is 23.3. The second-order valence-electron chi connectivity index (χ2n) is 5.43. The third-order valence-electron chi connectivity index (χ3n) is 3.19. The molecule has 1 amide bonds. The lowest BCUT2D eigenvalue weighted by Gasteiger charge is -2.26. The van der Waals surface area contributed by atoms with Crippen LogP contribution in [0, 0.1) is 3.57 Å². The molecule has 0 radical (unpaired) electrons. The van der Waals surface area contributed by atoms with Crippen molar-refractivity contribution in [3.63, 3.8) is 0 Å². The molecule has 0 aliphatic carbocycles. The van der Waals surface area contributed by atoms with Gasteiger partial charge < -0.3 is 15.2 Å². The Morgan fingerprint density at radius 1 is 1.43 bits per heavy atom. The van der Waals surface area contributed by atoms with Crippen LogP contribution in [0.5, 0.6) is 5.75 Å². The van der Waals surface area contributed by atoms with Crippen LogP contribution in [0.25, 0.3) is 0 Å². The zero-order valence-electron chi connectivity index (χ0n) is 12.6. The summed E-state index contributed by atoms with van der Waals surface area (Å²) in [5, 5.41) is 12.1. The fourth-order valence-electron chi connectivity index (χ4n) is 1.54. The van der Waals surface area contributed by atoms with Gasteiger partial charge in [-0.3, -0.25) is 4.79 Å². The summed E-state index contributed by atoms with van der Waals surface area (Å²) in [5.41, 5.74) is -0.271. The molecule has 0 fully saturated rings. The van der Waals surface area contributed by atoms with Gasteiger partial charge in [0.25, 0.3) is 5.91 Å². The smallest absolute Gasteiger partial charge is 0.339 e. The van der Waals surface area contributed by atoms with E-state index in [1.165, 1.54) is 6.07 Å². The van der Waals surface area contributed by atoms with Crippen LogP contribution < -0.4 is 10.1 Å². The summed E-state index contributed by atoms with van der Waals surface area (Å²) < 4.78 is 6.31. The van der Waals surface area contributed by atoms with Crippen molar-refractivity contribution in [1.82, 2.24) is 5.32 Å². The maximum Gasteiger partial charge on any atom is 0.339 e. The van der Waals surface area contributed by atoms with Crippen molar-refractivity contribution in [3.05, 3.63) is 27.3 Å². The van der Waals surface area contributed by atoms with Crippen molar-refractivity contribution in [1.29, 1.82) is 0 Å². The van der Waals surface area contributed by atoms with E-state index in [4.69, 9.17) is 4.74 Å². The van der Waals surface area contributed by atoms with Crippen molar-refractivity contribution in [3.8, 4) is 5.75 Å². The van der Waals surface area contributed by atoms with Crippen molar-refractivity contribution in [2.24, 2.45) is 0 Å². The van der Waals surface area contributed by atoms with E-state index >= 15 is 0 Å². The summed E-state index contributed by atoms with van der Waals surface area (Å²) in [6, 6.07) is 4.82. The number of halogens is 1. The molecule has 0 saturated carbocycles. The highest BCUT2D eigenvalue weighted by molar-refractivity contribution is 14.1. The molecular formula is C15H20INO4. The molecule has 0 aliphatic rings. The highest BCUT2D eigenvalue weighted by Crippen LogP contribution is 2.22. The van der Waals surface area contributed by atoms with Crippen LogP contribution in [0.3, 0.4) is 0 Å². The van der Waals surface area contributed by atoms with Crippen LogP contribution in [0.2, 0.25) is 0 Å². The van der Waals surface area contributed by atoms with Crippen molar-refractivity contribution in [2.75, 3.05) is 0 Å². The lowest BCUT2D eigenvalue weighted by molar-refractivity contribution is -0.129. The first kappa shape index (κ1) is 17.7. The summed E-state index contributed by atoms with van der Waals surface area (Å²) in [5.74, 6) is -1.15. The summed E-state index contributed by atoms with van der Waals surface area (Å²) in [7, 11) is 0. The molecule has 1 rings (SSSR count). The van der Waals surface area contributed by atoms with Gasteiger partial charge >= 0.3 is 5.97 Å². The highest BCUT2D eigenvalue weighted by atomic mass is 127. The minimum Gasteiger partial charge on any atom is -0.480 e. The van der Waals surface area contributed by atoms with E-state index in [2.05, 4.69) is 5.32 Å². The summed E-state index contributed by atoms with van der Waals surface area (Å²) in [6.07, 6.45) is 0.0176. The zero-order chi connectivity index (χ0) is 16.2. The average molecular weight is 405 g/mol. The second kappa shape index (κ2) is 7.11. The number of nitrogens with one attached hydrogen (secondary N) is 1. The average Bonchev–Trinajstić information content (AvgIpc) is 2.40. The third kappa shape index (κ3) is 5.18. The topological polar surface area (TPSA) is 75.6 Å². The maximum atomic E-state index is 12.1. The Morgan fingerprint density at radius 3 is 2.57 bits per heavy atom. The number of carbonyl (C=O) groups is 2. The van der Waals surface area contributed by atoms with Gasteiger partial charge in [0, 0.05) is 9.11 Å². The quantitative estimate of drug-likeness (QED) is 0.714. The lowest BCUT2D eigenvalue weighted by Crippen LogP contribution is -2.48. The molecule has 1 atom stereocenters. The van der Waals surface area contributed by atoms with Crippen LogP contribution >= 0.6 is 22.6 Å². The number of ether oxygens (including phenoxy) is 1. The van der Waals surface area contributed by atoms with E-state index in [-0.39, 0.29) is 22.8 Å². The molecule has 21 heavy (non-hydrogen) atoms. The van der Waals surface area contributed by atoms with E-state index in [1.807, 2.05) is 43.4 Å². The minimum absolute atomic E-state index is 0.0521. The van der Waals surface area contributed by atoms with Gasteiger partial charge in [-0.15, -0.1) is 0 Å². The number of aromatic carboxylic acids is 1. The van der Waals surface area contributed by atoms with Crippen LogP contribution in [0.4, 0.5) is 0 Å². The highest BCUT2D eigenvalue weighted by Gasteiger charge is 2.24. The van der Waals surface area contributed by atoms with Gasteiger partial charge in [-0.05, 0) is 68.0 Å². The molecule has 116 valence electrons. The molecule has 0 aromatic heterocycles. The number of rotatable bonds is 6. The van der Waals surface area contributed by atoms with Gasteiger partial charge in [0.15, 0.2) is 6.10 Å². The molecule has 6 heteroatoms. The Bertz CT molecular complexity index is 542. The van der Waals surface area contributed by atoms with E-state index in [0.29, 0.717) is 0 Å². The Morgan fingerprint density at radius 2 is 2.05 bits per heavy atom. The van der Waals surface area contributed by atoms with Gasteiger partial charge in [0.05, 0.1) is 0 Å². The van der Waals surface area contributed by atoms with E-state index in [1.54, 1.807) is 19.1 Å². The number of amides is 1. The fraction of sp³-hybridized carbons (Fsp3) is 0.467. The number of benzene rings is 1. The molecule has 5 nitrogen and oxygen atoms in total. The van der Waals surface area contributed by atoms with Crippen molar-refractivity contribution in [2.45, 2.75) is 45.8 Å². The number of carboxylic acids is 1. The van der Waals surface area contributed by atoms with Gasteiger partial charge in [-0.2, -0.15) is 0 Å². The summed E-state index contributed by atoms with van der Waals surface area (Å²) in [6.45, 7) is 7.43. The van der Waals surface area contributed by atoms with Gasteiger partial charge in [0.2, 0.25) is 0 Å². The molecule has 1 aromatic carbocycles. The number of carboxylic acid groups (broad SMARTS) is 1. The van der Waals surface area contributed by atoms with E-state index < -0.39 is 12.1 Å². The maximum absolute atomic E-state index is 12.1. The lowest BCUT2D eigenvalue weighted by atomic mass is 10.0. The molecule has 0 spiro atoms. The molecule has 0 heterocycles. The first-order chi connectivity index (χ1) is 9.66. The normalized spacial score (nSPS) is 12.6. The van der Waals surface area contributed by atoms with E-state index in [9.17, 15) is 14.7 Å². The first-order valence-electron chi connectivity index (χ1n) is 6.68. The van der Waals surface area contributed by atoms with Crippen molar-refractivity contribution >= 4 is 34.5 Å². The number of hydrogen-bond acceptors (Lipinski definition) is 3. The van der Waals surface area contributed by atoms with Gasteiger partial charge in [0.1, 0.15) is 11.3 Å². The first-order valence-corrected chi connectivity index (χ1v) is 7.75.